The summed E-state index contributed by atoms with van der Waals surface area (Å²) < 4.78 is 0. The second kappa shape index (κ2) is 3.22. The molecule has 0 saturated carbocycles. The third kappa shape index (κ3) is 1.69. The Bertz CT molecular complexity index is 114. The maximum absolute atomic E-state index is 10.9. The van der Waals surface area contributed by atoms with Crippen LogP contribution in [-0.2, 0) is 4.79 Å². The Labute approximate surface area is 58.6 Å². The van der Waals surface area contributed by atoms with Gasteiger partial charge in [0, 0.05) is 23.8 Å². The molecule has 3 heteroatoms. The van der Waals surface area contributed by atoms with Gasteiger partial charge in [0.25, 0.3) is 0 Å². The predicted octanol–water partition coefficient (Wildman–Crippen LogP) is 0.301. The Morgan fingerprint density at radius 3 is 3.00 bits per heavy atom. The molecule has 0 unspecified atom stereocenters. The van der Waals surface area contributed by atoms with Crippen molar-refractivity contribution in [2.24, 2.45) is 5.92 Å². The number of carbonyl (C=O) groups excluding carboxylic acids is 1. The van der Waals surface area contributed by atoms with Crippen molar-refractivity contribution in [2.75, 3.05) is 18.1 Å². The van der Waals surface area contributed by atoms with Gasteiger partial charge in [-0.15, -0.1) is 0 Å². The van der Waals surface area contributed by atoms with Crippen LogP contribution in [-0.4, -0.2) is 29.0 Å². The van der Waals surface area contributed by atoms with Gasteiger partial charge in [-0.25, -0.2) is 0 Å². The fourth-order valence-corrected chi connectivity index (χ4v) is 1.94. The van der Waals surface area contributed by atoms with Gasteiger partial charge in [0.15, 0.2) is 0 Å². The van der Waals surface area contributed by atoms with Gasteiger partial charge in [-0.1, -0.05) is 0 Å². The number of rotatable bonds is 1. The largest absolute Gasteiger partial charge is 0.396 e. The van der Waals surface area contributed by atoms with Gasteiger partial charge < -0.3 is 5.11 Å². The van der Waals surface area contributed by atoms with Crippen molar-refractivity contribution in [3.05, 3.63) is 0 Å². The van der Waals surface area contributed by atoms with Crippen LogP contribution >= 0.6 is 11.8 Å². The molecule has 1 heterocycles. The predicted molar refractivity (Wildman–Crippen MR) is 37.5 cm³/mol. The fraction of sp³-hybridized carbons (Fsp3) is 0.833. The molecule has 1 rings (SSSR count). The molecule has 0 aromatic rings. The molecule has 2 nitrogen and oxygen atoms in total. The molecule has 1 atom stereocenters. The highest BCUT2D eigenvalue weighted by molar-refractivity contribution is 7.99. The minimum Gasteiger partial charge on any atom is -0.396 e. The monoisotopic (exact) mass is 146 g/mol. The summed E-state index contributed by atoms with van der Waals surface area (Å²) >= 11 is 1.75. The molecule has 52 valence electrons. The number of hydrogen-bond donors (Lipinski definition) is 1. The lowest BCUT2D eigenvalue weighted by atomic mass is 10.1. The highest BCUT2D eigenvalue weighted by Crippen LogP contribution is 2.18. The molecular formula is C6H10O2S. The van der Waals surface area contributed by atoms with Crippen LogP contribution in [0.4, 0.5) is 0 Å². The molecule has 0 aromatic heterocycles. The molecular weight excluding hydrogens is 136 g/mol. The molecule has 0 spiro atoms. The third-order valence-electron chi connectivity index (χ3n) is 1.49. The number of aliphatic hydroxyl groups is 1. The van der Waals surface area contributed by atoms with Gasteiger partial charge in [0.05, 0.1) is 6.61 Å². The summed E-state index contributed by atoms with van der Waals surface area (Å²) in [4.78, 5) is 10.9. The van der Waals surface area contributed by atoms with Crippen LogP contribution in [0.2, 0.25) is 0 Å². The highest BCUT2D eigenvalue weighted by Gasteiger charge is 2.20. The van der Waals surface area contributed by atoms with Gasteiger partial charge in [0.1, 0.15) is 5.78 Å². The Hall–Kier alpha value is -0.0200. The van der Waals surface area contributed by atoms with E-state index < -0.39 is 0 Å². The Balaban J connectivity index is 2.39. The van der Waals surface area contributed by atoms with E-state index in [1.54, 1.807) is 11.8 Å². The van der Waals surface area contributed by atoms with Crippen molar-refractivity contribution < 1.29 is 9.90 Å². The minimum absolute atomic E-state index is 0.0336. The van der Waals surface area contributed by atoms with Crippen molar-refractivity contribution in [3.63, 3.8) is 0 Å². The quantitative estimate of drug-likeness (QED) is 0.578. The van der Waals surface area contributed by atoms with Crippen molar-refractivity contribution in [1.82, 2.24) is 0 Å². The number of thioether (sulfide) groups is 1. The Kier molecular flexibility index (Phi) is 2.54. The first-order valence-electron chi connectivity index (χ1n) is 3.06. The molecule has 9 heavy (non-hydrogen) atoms. The van der Waals surface area contributed by atoms with E-state index >= 15 is 0 Å². The summed E-state index contributed by atoms with van der Waals surface area (Å²) in [6.45, 7) is 0.0336. The van der Waals surface area contributed by atoms with Crippen LogP contribution < -0.4 is 0 Å². The number of carbonyl (C=O) groups is 1. The number of aliphatic hydroxyl groups excluding tert-OH is 1. The zero-order valence-corrected chi connectivity index (χ0v) is 5.99. The van der Waals surface area contributed by atoms with E-state index in [4.69, 9.17) is 5.11 Å². The van der Waals surface area contributed by atoms with Crippen LogP contribution in [0.5, 0.6) is 0 Å². The molecule has 0 radical (unpaired) electrons. The average molecular weight is 146 g/mol. The Morgan fingerprint density at radius 2 is 2.56 bits per heavy atom. The summed E-state index contributed by atoms with van der Waals surface area (Å²) in [7, 11) is 0. The second-order valence-electron chi connectivity index (χ2n) is 2.17. The zero-order chi connectivity index (χ0) is 6.69. The standard InChI is InChI=1S/C6H10O2S/c7-3-5-4-9-2-1-6(5)8/h5,7H,1-4H2/t5-/m1/s1. The second-order valence-corrected chi connectivity index (χ2v) is 3.32. The van der Waals surface area contributed by atoms with Crippen molar-refractivity contribution >= 4 is 17.5 Å². The lowest BCUT2D eigenvalue weighted by Crippen LogP contribution is -2.25. The van der Waals surface area contributed by atoms with Crippen LogP contribution in [0.1, 0.15) is 6.42 Å². The lowest BCUT2D eigenvalue weighted by Gasteiger charge is -2.16. The van der Waals surface area contributed by atoms with E-state index in [-0.39, 0.29) is 18.3 Å². The molecule has 0 aromatic carbocycles. The zero-order valence-electron chi connectivity index (χ0n) is 5.17. The van der Waals surface area contributed by atoms with Crippen LogP contribution in [0.3, 0.4) is 0 Å². The Morgan fingerprint density at radius 1 is 1.78 bits per heavy atom. The van der Waals surface area contributed by atoms with E-state index in [0.29, 0.717) is 6.42 Å². The van der Waals surface area contributed by atoms with Gasteiger partial charge >= 0.3 is 0 Å². The van der Waals surface area contributed by atoms with E-state index in [0.717, 1.165) is 11.5 Å². The molecule has 0 amide bonds. The molecule has 0 bridgehead atoms. The SMILES string of the molecule is O=C1CCSC[C@H]1CO. The number of ketones is 1. The molecule has 0 aliphatic carbocycles. The van der Waals surface area contributed by atoms with Crippen LogP contribution in [0, 0.1) is 5.92 Å². The average Bonchev–Trinajstić information content (AvgIpc) is 1.89. The normalized spacial score (nSPS) is 28.6. The van der Waals surface area contributed by atoms with E-state index in [1.807, 2.05) is 0 Å². The highest BCUT2D eigenvalue weighted by atomic mass is 32.2. The first-order valence-corrected chi connectivity index (χ1v) is 4.21. The maximum atomic E-state index is 10.9. The van der Waals surface area contributed by atoms with Crippen molar-refractivity contribution in [1.29, 1.82) is 0 Å². The third-order valence-corrected chi connectivity index (χ3v) is 2.62. The molecule has 1 N–H and O–H groups in total. The van der Waals surface area contributed by atoms with Crippen molar-refractivity contribution in [3.8, 4) is 0 Å². The summed E-state index contributed by atoms with van der Waals surface area (Å²) in [6.07, 6.45) is 0.649. The smallest absolute Gasteiger partial charge is 0.139 e. The van der Waals surface area contributed by atoms with E-state index in [9.17, 15) is 4.79 Å². The maximum Gasteiger partial charge on any atom is 0.139 e. The van der Waals surface area contributed by atoms with E-state index in [2.05, 4.69) is 0 Å². The summed E-state index contributed by atoms with van der Waals surface area (Å²) in [5, 5.41) is 8.63. The van der Waals surface area contributed by atoms with Crippen LogP contribution in [0.15, 0.2) is 0 Å². The minimum atomic E-state index is -0.0660. The number of Topliss-reactive ketones (excluding diaryl/α,β-unsaturated/α-hetero) is 1. The fourth-order valence-electron chi connectivity index (χ4n) is 0.850. The van der Waals surface area contributed by atoms with Crippen molar-refractivity contribution in [2.45, 2.75) is 6.42 Å². The number of hydrogen-bond acceptors (Lipinski definition) is 3. The lowest BCUT2D eigenvalue weighted by molar-refractivity contribution is -0.123. The topological polar surface area (TPSA) is 37.3 Å². The summed E-state index contributed by atoms with van der Waals surface area (Å²) in [5.74, 6) is 1.92. The summed E-state index contributed by atoms with van der Waals surface area (Å²) in [5.41, 5.74) is 0. The van der Waals surface area contributed by atoms with Gasteiger partial charge in [0.2, 0.25) is 0 Å². The molecule has 1 aliphatic rings. The van der Waals surface area contributed by atoms with Gasteiger partial charge in [-0.3, -0.25) is 4.79 Å². The molecule has 1 saturated heterocycles. The van der Waals surface area contributed by atoms with E-state index in [1.165, 1.54) is 0 Å². The van der Waals surface area contributed by atoms with Crippen LogP contribution in [0.25, 0.3) is 0 Å². The first kappa shape index (κ1) is 7.09. The summed E-state index contributed by atoms with van der Waals surface area (Å²) in [6, 6.07) is 0. The molecule has 1 aliphatic heterocycles. The van der Waals surface area contributed by atoms with Gasteiger partial charge in [-0.05, 0) is 0 Å². The van der Waals surface area contributed by atoms with Gasteiger partial charge in [-0.2, -0.15) is 11.8 Å². The molecule has 1 fully saturated rings. The first-order chi connectivity index (χ1) is 4.34.